The van der Waals surface area contributed by atoms with E-state index in [1.165, 1.54) is 11.1 Å². The van der Waals surface area contributed by atoms with Gasteiger partial charge in [-0.25, -0.2) is 15.4 Å². The number of nitrogens with zero attached hydrogens (tertiary/aromatic N) is 3. The second kappa shape index (κ2) is 10.9. The number of benzene rings is 2. The maximum atomic E-state index is 11.3. The molecule has 6 nitrogen and oxygen atoms in total. The van der Waals surface area contributed by atoms with Crippen molar-refractivity contribution in [3.63, 3.8) is 0 Å². The predicted octanol–water partition coefficient (Wildman–Crippen LogP) is 5.27. The minimum absolute atomic E-state index is 0.329. The molecule has 3 aromatic rings. The zero-order valence-electron chi connectivity index (χ0n) is 18.7. The fourth-order valence-corrected chi connectivity index (χ4v) is 3.97. The quantitative estimate of drug-likeness (QED) is 0.265. The Labute approximate surface area is 184 Å². The molecule has 2 N–H and O–H groups in total. The van der Waals surface area contributed by atoms with Gasteiger partial charge in [0.1, 0.15) is 11.6 Å². The molecule has 3 rings (SSSR count). The van der Waals surface area contributed by atoms with Crippen molar-refractivity contribution < 1.29 is 10.0 Å². The van der Waals surface area contributed by atoms with E-state index in [0.717, 1.165) is 66.9 Å². The van der Waals surface area contributed by atoms with Crippen molar-refractivity contribution >= 4 is 28.3 Å². The Morgan fingerprint density at radius 1 is 1.06 bits per heavy atom. The molecule has 0 saturated carbocycles. The first-order valence-electron chi connectivity index (χ1n) is 11.1. The summed E-state index contributed by atoms with van der Waals surface area (Å²) in [5.74, 6) is 1.38. The molecule has 0 aliphatic heterocycles. The Morgan fingerprint density at radius 3 is 2.61 bits per heavy atom. The third-order valence-electron chi connectivity index (χ3n) is 5.50. The number of carbonyl (C=O) groups excluding carboxylic acids is 1. The lowest BCUT2D eigenvalue weighted by molar-refractivity contribution is -0.129. The Morgan fingerprint density at radius 2 is 1.87 bits per heavy atom. The van der Waals surface area contributed by atoms with Crippen LogP contribution in [0.1, 0.15) is 56.5 Å². The number of rotatable bonds is 10. The Bertz CT molecular complexity index is 1040. The van der Waals surface area contributed by atoms with Gasteiger partial charge in [0.2, 0.25) is 5.91 Å². The number of amides is 1. The summed E-state index contributed by atoms with van der Waals surface area (Å²) < 4.78 is 0. The van der Waals surface area contributed by atoms with Crippen LogP contribution >= 0.6 is 0 Å². The van der Waals surface area contributed by atoms with E-state index in [1.807, 2.05) is 25.1 Å². The smallest absolute Gasteiger partial charge is 0.243 e. The fourth-order valence-electron chi connectivity index (χ4n) is 3.97. The van der Waals surface area contributed by atoms with Crippen LogP contribution in [-0.2, 0) is 17.6 Å². The van der Waals surface area contributed by atoms with Crippen molar-refractivity contribution in [2.75, 3.05) is 11.4 Å². The topological polar surface area (TPSA) is 78.4 Å². The van der Waals surface area contributed by atoms with Crippen LogP contribution in [0, 0.1) is 6.92 Å². The third-order valence-corrected chi connectivity index (χ3v) is 5.50. The maximum Gasteiger partial charge on any atom is 0.243 e. The lowest BCUT2D eigenvalue weighted by Gasteiger charge is -2.26. The number of hydrogen-bond donors (Lipinski definition) is 2. The Kier molecular flexibility index (Phi) is 7.95. The van der Waals surface area contributed by atoms with Crippen molar-refractivity contribution in [2.45, 2.75) is 59.3 Å². The maximum absolute atomic E-state index is 11.3. The summed E-state index contributed by atoms with van der Waals surface area (Å²) in [4.78, 5) is 23.0. The van der Waals surface area contributed by atoms with Crippen molar-refractivity contribution in [1.82, 2.24) is 15.4 Å². The SMILES string of the molecule is CCCN(c1ccc(CC)c(CCCCC(=O)NO)c1)c1nc(C)nc2ccccc12. The van der Waals surface area contributed by atoms with E-state index in [2.05, 4.69) is 48.0 Å². The van der Waals surface area contributed by atoms with Gasteiger partial charge < -0.3 is 4.90 Å². The van der Waals surface area contributed by atoms with Gasteiger partial charge in [0.15, 0.2) is 0 Å². The molecule has 31 heavy (non-hydrogen) atoms. The highest BCUT2D eigenvalue weighted by Crippen LogP contribution is 2.32. The van der Waals surface area contributed by atoms with Crippen molar-refractivity contribution in [2.24, 2.45) is 0 Å². The molecule has 1 aromatic heterocycles. The van der Waals surface area contributed by atoms with Gasteiger partial charge >= 0.3 is 0 Å². The first-order valence-corrected chi connectivity index (χ1v) is 11.1. The number of unbranched alkanes of at least 4 members (excludes halogenated alkanes) is 1. The monoisotopic (exact) mass is 420 g/mol. The molecule has 164 valence electrons. The highest BCUT2D eigenvalue weighted by Gasteiger charge is 2.16. The summed E-state index contributed by atoms with van der Waals surface area (Å²) in [6.45, 7) is 7.15. The first-order chi connectivity index (χ1) is 15.1. The minimum Gasteiger partial charge on any atom is -0.326 e. The number of hydroxylamine groups is 1. The van der Waals surface area contributed by atoms with Crippen LogP contribution in [0.4, 0.5) is 11.5 Å². The van der Waals surface area contributed by atoms with Gasteiger partial charge in [-0.3, -0.25) is 10.0 Å². The molecule has 0 spiro atoms. The number of nitrogens with one attached hydrogen (secondary N) is 1. The summed E-state index contributed by atoms with van der Waals surface area (Å²) in [7, 11) is 0. The van der Waals surface area contributed by atoms with E-state index in [1.54, 1.807) is 5.48 Å². The number of fused-ring (bicyclic) bond motifs is 1. The molecule has 0 radical (unpaired) electrons. The van der Waals surface area contributed by atoms with Gasteiger partial charge in [-0.1, -0.05) is 32.0 Å². The van der Waals surface area contributed by atoms with E-state index in [4.69, 9.17) is 10.2 Å². The summed E-state index contributed by atoms with van der Waals surface area (Å²) >= 11 is 0. The number of para-hydroxylation sites is 1. The van der Waals surface area contributed by atoms with Crippen LogP contribution in [0.3, 0.4) is 0 Å². The molecule has 1 amide bonds. The Balaban J connectivity index is 1.94. The highest BCUT2D eigenvalue weighted by molar-refractivity contribution is 5.91. The summed E-state index contributed by atoms with van der Waals surface area (Å²) in [5.41, 5.74) is 6.43. The normalized spacial score (nSPS) is 11.0. The van der Waals surface area contributed by atoms with Gasteiger partial charge in [-0.15, -0.1) is 0 Å². The van der Waals surface area contributed by atoms with Gasteiger partial charge in [-0.2, -0.15) is 0 Å². The van der Waals surface area contributed by atoms with Gasteiger partial charge in [-0.05, 0) is 74.4 Å². The standard InChI is InChI=1S/C25H32N4O2/c1-4-16-29(25-22-11-7-8-12-23(22)26-18(3)27-25)21-15-14-19(5-2)20(17-21)10-6-9-13-24(30)28-31/h7-8,11-12,14-15,17,31H,4-6,9-10,13,16H2,1-3H3,(H,28,30). The van der Waals surface area contributed by atoms with Crippen molar-refractivity contribution in [1.29, 1.82) is 0 Å². The van der Waals surface area contributed by atoms with Crippen LogP contribution in [0.15, 0.2) is 42.5 Å². The van der Waals surface area contributed by atoms with E-state index >= 15 is 0 Å². The summed E-state index contributed by atoms with van der Waals surface area (Å²) in [5, 5.41) is 9.72. The molecule has 0 aliphatic rings. The summed E-state index contributed by atoms with van der Waals surface area (Å²) in [6, 6.07) is 14.8. The number of aryl methyl sites for hydroxylation is 3. The molecule has 0 bridgehead atoms. The molecular weight excluding hydrogens is 388 g/mol. The van der Waals surface area contributed by atoms with Gasteiger partial charge in [0.25, 0.3) is 0 Å². The molecule has 0 fully saturated rings. The largest absolute Gasteiger partial charge is 0.326 e. The second-order valence-electron chi connectivity index (χ2n) is 7.81. The predicted molar refractivity (Wildman–Crippen MR) is 125 cm³/mol. The zero-order chi connectivity index (χ0) is 22.2. The van der Waals surface area contributed by atoms with Crippen LogP contribution in [-0.4, -0.2) is 27.6 Å². The van der Waals surface area contributed by atoms with E-state index in [9.17, 15) is 4.79 Å². The van der Waals surface area contributed by atoms with E-state index in [-0.39, 0.29) is 5.91 Å². The van der Waals surface area contributed by atoms with Crippen molar-refractivity contribution in [3.05, 3.63) is 59.4 Å². The van der Waals surface area contributed by atoms with Crippen LogP contribution in [0.25, 0.3) is 10.9 Å². The van der Waals surface area contributed by atoms with E-state index < -0.39 is 0 Å². The molecular formula is C25H32N4O2. The average molecular weight is 421 g/mol. The minimum atomic E-state index is -0.329. The lowest BCUT2D eigenvalue weighted by atomic mass is 9.98. The number of hydrogen-bond acceptors (Lipinski definition) is 5. The molecule has 0 unspecified atom stereocenters. The zero-order valence-corrected chi connectivity index (χ0v) is 18.7. The average Bonchev–Trinajstić information content (AvgIpc) is 2.79. The summed E-state index contributed by atoms with van der Waals surface area (Å²) in [6.07, 6.45) is 4.85. The third kappa shape index (κ3) is 5.58. The van der Waals surface area contributed by atoms with Gasteiger partial charge in [0, 0.05) is 24.0 Å². The van der Waals surface area contributed by atoms with Crippen LogP contribution in [0.5, 0.6) is 0 Å². The Hall–Kier alpha value is -2.99. The van der Waals surface area contributed by atoms with Crippen LogP contribution < -0.4 is 10.4 Å². The van der Waals surface area contributed by atoms with E-state index in [0.29, 0.717) is 6.42 Å². The molecule has 0 atom stereocenters. The van der Waals surface area contributed by atoms with Crippen molar-refractivity contribution in [3.8, 4) is 0 Å². The molecule has 1 heterocycles. The lowest BCUT2D eigenvalue weighted by Crippen LogP contribution is -2.20. The number of aromatic nitrogens is 2. The fraction of sp³-hybridized carbons (Fsp3) is 0.400. The highest BCUT2D eigenvalue weighted by atomic mass is 16.5. The second-order valence-corrected chi connectivity index (χ2v) is 7.81. The molecule has 0 saturated heterocycles. The molecule has 0 aliphatic carbocycles. The molecule has 2 aromatic carbocycles. The van der Waals surface area contributed by atoms with Gasteiger partial charge in [0.05, 0.1) is 5.52 Å². The number of carbonyl (C=O) groups is 1. The first kappa shape index (κ1) is 22.7. The molecule has 6 heteroatoms. The van der Waals surface area contributed by atoms with Crippen LogP contribution in [0.2, 0.25) is 0 Å². The number of anilines is 2.